The predicted octanol–water partition coefficient (Wildman–Crippen LogP) is 7.75. The number of phenolic OH excluding ortho intramolecular Hbond substituents is 2. The Morgan fingerprint density at radius 3 is 1.22 bits per heavy atom. The Balaban J connectivity index is 1.75. The maximum atomic E-state index is 10.3. The first-order valence-corrected chi connectivity index (χ1v) is 13.9. The smallest absolute Gasteiger partial charge is 0.142 e. The summed E-state index contributed by atoms with van der Waals surface area (Å²) in [5.41, 5.74) is 15.5. The van der Waals surface area contributed by atoms with E-state index in [2.05, 4.69) is 23.7 Å². The molecule has 6 rings (SSSR count). The number of rotatable bonds is 5. The number of anilines is 2. The number of phenols is 2. The minimum absolute atomic E-state index is 0.133. The van der Waals surface area contributed by atoms with Gasteiger partial charge in [-0.2, -0.15) is 0 Å². The van der Waals surface area contributed by atoms with Gasteiger partial charge in [0, 0.05) is 45.5 Å². The van der Waals surface area contributed by atoms with Gasteiger partial charge in [-0.25, -0.2) is 0 Å². The number of nitrogens with two attached hydrogens (primary N) is 2. The SMILES string of the molecule is C#Cc1ccc2c(-c3c(Oc4ccc(N)c(O)c4)ccc4c(C#C)c(C#C)ccc34)c(Oc3ccc(N)c(O)c3)ccc2c1C#C. The minimum Gasteiger partial charge on any atom is -0.506 e. The van der Waals surface area contributed by atoms with Crippen LogP contribution in [-0.2, 0) is 0 Å². The highest BCUT2D eigenvalue weighted by atomic mass is 16.5. The van der Waals surface area contributed by atoms with Crippen molar-refractivity contribution >= 4 is 32.9 Å². The highest BCUT2D eigenvalue weighted by molar-refractivity contribution is 6.12. The fourth-order valence-corrected chi connectivity index (χ4v) is 5.44. The van der Waals surface area contributed by atoms with E-state index in [9.17, 15) is 10.2 Å². The monoisotopic (exact) mass is 596 g/mol. The molecule has 0 aromatic heterocycles. The summed E-state index contributed by atoms with van der Waals surface area (Å²) in [5.74, 6) is 12.0. The molecule has 6 aromatic rings. The molecule has 0 saturated heterocycles. The lowest BCUT2D eigenvalue weighted by atomic mass is 9.88. The van der Waals surface area contributed by atoms with Crippen molar-refractivity contribution in [2.75, 3.05) is 11.5 Å². The molecule has 6 aromatic carbocycles. The van der Waals surface area contributed by atoms with E-state index in [1.54, 1.807) is 48.5 Å². The molecule has 0 heterocycles. The normalized spacial score (nSPS) is 10.4. The summed E-state index contributed by atoms with van der Waals surface area (Å²) >= 11 is 0. The second-order valence-corrected chi connectivity index (χ2v) is 10.3. The van der Waals surface area contributed by atoms with E-state index in [-0.39, 0.29) is 22.9 Å². The lowest BCUT2D eigenvalue weighted by molar-refractivity contribution is 0.454. The Kier molecular flexibility index (Phi) is 7.26. The molecule has 218 valence electrons. The molecule has 0 amide bonds. The van der Waals surface area contributed by atoms with Gasteiger partial charge in [-0.1, -0.05) is 35.8 Å². The lowest BCUT2D eigenvalue weighted by Gasteiger charge is -2.21. The van der Waals surface area contributed by atoms with Crippen LogP contribution in [0.4, 0.5) is 11.4 Å². The first-order valence-electron chi connectivity index (χ1n) is 13.9. The molecule has 0 bridgehead atoms. The second kappa shape index (κ2) is 11.5. The van der Waals surface area contributed by atoms with Crippen molar-refractivity contribution in [1.29, 1.82) is 0 Å². The van der Waals surface area contributed by atoms with Crippen LogP contribution in [0.1, 0.15) is 22.3 Å². The van der Waals surface area contributed by atoms with E-state index >= 15 is 0 Å². The zero-order valence-electron chi connectivity index (χ0n) is 24.3. The maximum Gasteiger partial charge on any atom is 0.142 e. The molecule has 0 radical (unpaired) electrons. The Hall–Kier alpha value is -7.12. The van der Waals surface area contributed by atoms with Crippen LogP contribution in [0.15, 0.2) is 84.9 Å². The number of hydrogen-bond acceptors (Lipinski definition) is 6. The van der Waals surface area contributed by atoms with E-state index in [1.165, 1.54) is 12.1 Å². The van der Waals surface area contributed by atoms with Crippen molar-refractivity contribution in [3.05, 3.63) is 107 Å². The van der Waals surface area contributed by atoms with Crippen molar-refractivity contribution in [1.82, 2.24) is 0 Å². The van der Waals surface area contributed by atoms with E-state index in [1.807, 2.05) is 24.3 Å². The Bertz CT molecular complexity index is 2240. The summed E-state index contributed by atoms with van der Waals surface area (Å²) in [6, 6.07) is 23.7. The quantitative estimate of drug-likeness (QED) is 0.0920. The maximum absolute atomic E-state index is 10.3. The van der Waals surface area contributed by atoms with Gasteiger partial charge in [0.25, 0.3) is 0 Å². The molecule has 6 heteroatoms. The molecule has 0 spiro atoms. The number of ether oxygens (including phenoxy) is 2. The van der Waals surface area contributed by atoms with Crippen LogP contribution in [0.25, 0.3) is 32.7 Å². The van der Waals surface area contributed by atoms with Gasteiger partial charge in [-0.15, -0.1) is 25.7 Å². The molecule has 46 heavy (non-hydrogen) atoms. The van der Waals surface area contributed by atoms with Crippen LogP contribution >= 0.6 is 0 Å². The number of nitrogen functional groups attached to an aromatic ring is 2. The summed E-state index contributed by atoms with van der Waals surface area (Å²) in [6.07, 6.45) is 23.6. The van der Waals surface area contributed by atoms with Crippen LogP contribution in [0.5, 0.6) is 34.5 Å². The van der Waals surface area contributed by atoms with Crippen LogP contribution in [0.3, 0.4) is 0 Å². The summed E-state index contributed by atoms with van der Waals surface area (Å²) in [6.45, 7) is 0. The number of aromatic hydroxyl groups is 2. The highest BCUT2D eigenvalue weighted by Crippen LogP contribution is 2.49. The fourth-order valence-electron chi connectivity index (χ4n) is 5.44. The van der Waals surface area contributed by atoms with Gasteiger partial charge in [0.1, 0.15) is 34.5 Å². The average Bonchev–Trinajstić information content (AvgIpc) is 3.06. The molecule has 6 nitrogen and oxygen atoms in total. The van der Waals surface area contributed by atoms with Crippen molar-refractivity contribution in [3.8, 4) is 95.0 Å². The molecule has 0 aliphatic rings. The molecule has 0 fully saturated rings. The van der Waals surface area contributed by atoms with Gasteiger partial charge in [0.05, 0.1) is 11.4 Å². The van der Waals surface area contributed by atoms with Gasteiger partial charge in [0.2, 0.25) is 0 Å². The van der Waals surface area contributed by atoms with Crippen LogP contribution in [0, 0.1) is 49.4 Å². The van der Waals surface area contributed by atoms with Crippen molar-refractivity contribution in [2.45, 2.75) is 0 Å². The van der Waals surface area contributed by atoms with Crippen LogP contribution in [0.2, 0.25) is 0 Å². The largest absolute Gasteiger partial charge is 0.506 e. The summed E-state index contributed by atoms with van der Waals surface area (Å²) < 4.78 is 12.9. The highest BCUT2D eigenvalue weighted by Gasteiger charge is 2.23. The van der Waals surface area contributed by atoms with Crippen molar-refractivity contribution < 1.29 is 19.7 Å². The summed E-state index contributed by atoms with van der Waals surface area (Å²) in [7, 11) is 0. The molecule has 0 saturated carbocycles. The first kappa shape index (κ1) is 29.0. The topological polar surface area (TPSA) is 111 Å². The fraction of sp³-hybridized carbons (Fsp3) is 0. The zero-order chi connectivity index (χ0) is 32.5. The van der Waals surface area contributed by atoms with E-state index < -0.39 is 0 Å². The number of benzene rings is 6. The van der Waals surface area contributed by atoms with Crippen molar-refractivity contribution in [3.63, 3.8) is 0 Å². The van der Waals surface area contributed by atoms with E-state index in [4.69, 9.17) is 46.6 Å². The minimum atomic E-state index is -0.133. The van der Waals surface area contributed by atoms with Gasteiger partial charge in [0.15, 0.2) is 0 Å². The van der Waals surface area contributed by atoms with Crippen LogP contribution in [-0.4, -0.2) is 10.2 Å². The molecular formula is C40H24N2O4. The lowest BCUT2D eigenvalue weighted by Crippen LogP contribution is -1.98. The summed E-state index contributed by atoms with van der Waals surface area (Å²) in [4.78, 5) is 0. The van der Waals surface area contributed by atoms with Crippen LogP contribution < -0.4 is 20.9 Å². The first-order chi connectivity index (χ1) is 22.3. The predicted molar refractivity (Wildman–Crippen MR) is 184 cm³/mol. The number of terminal acetylenes is 4. The Morgan fingerprint density at radius 1 is 0.478 bits per heavy atom. The molecule has 0 aliphatic carbocycles. The molecule has 0 atom stereocenters. The molecule has 0 unspecified atom stereocenters. The van der Waals surface area contributed by atoms with Gasteiger partial charge < -0.3 is 31.2 Å². The third-order valence-electron chi connectivity index (χ3n) is 7.63. The standard InChI is InChI=1S/C40H24N2O4/c1-5-23-9-13-31-29(27(23)7-3)15-19-37(45-25-11-17-33(41)35(43)21-25)39(31)40-32-14-10-24(6-2)28(8-4)30(32)16-20-38(40)46-26-12-18-34(42)36(44)22-26/h1-4,9-22,43-44H,41-42H2. The van der Waals surface area contributed by atoms with Gasteiger partial charge in [-0.05, 0) is 82.2 Å². The molecule has 0 aliphatic heterocycles. The Morgan fingerprint density at radius 2 is 0.870 bits per heavy atom. The van der Waals surface area contributed by atoms with E-state index in [0.717, 1.165) is 0 Å². The van der Waals surface area contributed by atoms with Crippen molar-refractivity contribution in [2.24, 2.45) is 0 Å². The second-order valence-electron chi connectivity index (χ2n) is 10.3. The number of hydrogen-bond donors (Lipinski definition) is 4. The third kappa shape index (κ3) is 4.86. The summed E-state index contributed by atoms with van der Waals surface area (Å²) in [5, 5.41) is 23.5. The average molecular weight is 597 g/mol. The number of fused-ring (bicyclic) bond motifs is 2. The van der Waals surface area contributed by atoms with Gasteiger partial charge >= 0.3 is 0 Å². The zero-order valence-corrected chi connectivity index (χ0v) is 24.3. The Labute approximate surface area is 265 Å². The molecule has 6 N–H and O–H groups in total. The molecular weight excluding hydrogens is 572 g/mol. The van der Waals surface area contributed by atoms with Gasteiger partial charge in [-0.3, -0.25) is 0 Å². The third-order valence-corrected chi connectivity index (χ3v) is 7.63. The van der Waals surface area contributed by atoms with E-state index in [0.29, 0.717) is 77.9 Å².